The highest BCUT2D eigenvalue weighted by molar-refractivity contribution is 5.91. The number of carbonyl (C=O) groups excluding carboxylic acids is 2. The van der Waals surface area contributed by atoms with Gasteiger partial charge >= 0.3 is 5.97 Å². The van der Waals surface area contributed by atoms with Crippen molar-refractivity contribution in [3.63, 3.8) is 0 Å². The molecule has 1 aromatic rings. The second kappa shape index (κ2) is 5.20. The van der Waals surface area contributed by atoms with Gasteiger partial charge in [0, 0.05) is 6.54 Å². The Morgan fingerprint density at radius 3 is 2.91 bits per heavy atom. The van der Waals surface area contributed by atoms with Gasteiger partial charge in [-0.05, 0) is 12.5 Å². The number of carbonyl (C=O) groups is 2. The monoisotopic (exact) mass is 313 g/mol. The van der Waals surface area contributed by atoms with Crippen molar-refractivity contribution in [2.75, 3.05) is 13.2 Å². The molecule has 2 saturated heterocycles. The van der Waals surface area contributed by atoms with Crippen molar-refractivity contribution in [3.05, 3.63) is 48.0 Å². The number of ether oxygens (including phenoxy) is 2. The first-order valence-corrected chi connectivity index (χ1v) is 8.01. The Labute approximate surface area is 134 Å². The number of amides is 1. The zero-order valence-electron chi connectivity index (χ0n) is 13.0. The van der Waals surface area contributed by atoms with Crippen molar-refractivity contribution < 1.29 is 19.1 Å². The number of hydrogen-bond acceptors (Lipinski definition) is 4. The topological polar surface area (TPSA) is 55.8 Å². The maximum absolute atomic E-state index is 12.9. The fraction of sp³-hybridized carbons (Fsp3) is 0.444. The van der Waals surface area contributed by atoms with Crippen LogP contribution in [-0.4, -0.2) is 41.6 Å². The Kier molecular flexibility index (Phi) is 3.27. The minimum Gasteiger partial charge on any atom is -0.466 e. The molecular formula is C18H19NO4. The van der Waals surface area contributed by atoms with E-state index < -0.39 is 17.4 Å². The summed E-state index contributed by atoms with van der Waals surface area (Å²) in [5.41, 5.74) is 0.414. The minimum atomic E-state index is -0.659. The van der Waals surface area contributed by atoms with Crippen LogP contribution in [0, 0.1) is 11.8 Å². The predicted molar refractivity (Wildman–Crippen MR) is 82.2 cm³/mol. The van der Waals surface area contributed by atoms with E-state index >= 15 is 0 Å². The molecule has 3 heterocycles. The van der Waals surface area contributed by atoms with Gasteiger partial charge in [-0.1, -0.05) is 42.5 Å². The lowest BCUT2D eigenvalue weighted by atomic mass is 9.77. The second-order valence-corrected chi connectivity index (χ2v) is 6.33. The van der Waals surface area contributed by atoms with Gasteiger partial charge < -0.3 is 14.4 Å². The zero-order chi connectivity index (χ0) is 16.0. The molecule has 1 aromatic carbocycles. The van der Waals surface area contributed by atoms with Crippen molar-refractivity contribution in [3.8, 4) is 0 Å². The molecule has 0 N–H and O–H groups in total. The van der Waals surface area contributed by atoms with Crippen LogP contribution in [0.15, 0.2) is 42.5 Å². The molecule has 0 radical (unpaired) electrons. The molecule has 4 rings (SSSR count). The molecule has 23 heavy (non-hydrogen) atoms. The van der Waals surface area contributed by atoms with Gasteiger partial charge in [0.1, 0.15) is 11.5 Å². The molecule has 0 saturated carbocycles. The van der Waals surface area contributed by atoms with E-state index in [9.17, 15) is 9.59 Å². The summed E-state index contributed by atoms with van der Waals surface area (Å²) in [7, 11) is 0. The number of fused-ring (bicyclic) bond motifs is 1. The smallest absolute Gasteiger partial charge is 0.312 e. The van der Waals surface area contributed by atoms with Crippen LogP contribution in [0.25, 0.3) is 0 Å². The van der Waals surface area contributed by atoms with Gasteiger partial charge in [0.15, 0.2) is 0 Å². The van der Waals surface area contributed by atoms with Crippen LogP contribution in [0.2, 0.25) is 0 Å². The average Bonchev–Trinajstić information content (AvgIpc) is 3.17. The van der Waals surface area contributed by atoms with Gasteiger partial charge in [0.05, 0.1) is 25.2 Å². The standard InChI is InChI=1S/C18H19NO4/c1-2-22-17(21)14-13-8-9-18(23-13)11-19(16(20)15(14)18)10-12-6-4-3-5-7-12/h3-9,13-15H,2,10-11H2,1H3/t13-,14+,15-,18-/m0/s1. The Bertz CT molecular complexity index is 671. The Morgan fingerprint density at radius 2 is 2.17 bits per heavy atom. The highest BCUT2D eigenvalue weighted by Crippen LogP contribution is 2.52. The van der Waals surface area contributed by atoms with Crippen LogP contribution >= 0.6 is 0 Å². The number of rotatable bonds is 4. The summed E-state index contributed by atoms with van der Waals surface area (Å²) in [6.07, 6.45) is 3.53. The fourth-order valence-corrected chi connectivity index (χ4v) is 4.02. The van der Waals surface area contributed by atoms with Crippen molar-refractivity contribution in [1.82, 2.24) is 4.90 Å². The van der Waals surface area contributed by atoms with E-state index in [2.05, 4.69) is 0 Å². The van der Waals surface area contributed by atoms with Gasteiger partial charge in [-0.2, -0.15) is 0 Å². The minimum absolute atomic E-state index is 0.0150. The van der Waals surface area contributed by atoms with Gasteiger partial charge in [-0.15, -0.1) is 0 Å². The summed E-state index contributed by atoms with van der Waals surface area (Å²) in [6, 6.07) is 9.86. The summed E-state index contributed by atoms with van der Waals surface area (Å²) >= 11 is 0. The third-order valence-electron chi connectivity index (χ3n) is 4.95. The fourth-order valence-electron chi connectivity index (χ4n) is 4.02. The van der Waals surface area contributed by atoms with Gasteiger partial charge in [-0.3, -0.25) is 9.59 Å². The van der Waals surface area contributed by atoms with Crippen LogP contribution in [0.4, 0.5) is 0 Å². The van der Waals surface area contributed by atoms with E-state index in [0.717, 1.165) is 5.56 Å². The second-order valence-electron chi connectivity index (χ2n) is 6.33. The molecule has 5 heteroatoms. The van der Waals surface area contributed by atoms with Crippen molar-refractivity contribution in [2.45, 2.75) is 25.2 Å². The molecule has 3 aliphatic heterocycles. The van der Waals surface area contributed by atoms with E-state index in [0.29, 0.717) is 19.7 Å². The highest BCUT2D eigenvalue weighted by atomic mass is 16.6. The highest BCUT2D eigenvalue weighted by Gasteiger charge is 2.67. The lowest BCUT2D eigenvalue weighted by molar-refractivity contribution is -0.153. The number of hydrogen-bond donors (Lipinski definition) is 0. The molecule has 2 bridgehead atoms. The molecule has 5 nitrogen and oxygen atoms in total. The zero-order valence-corrected chi connectivity index (χ0v) is 13.0. The Balaban J connectivity index is 1.60. The van der Waals surface area contributed by atoms with Crippen molar-refractivity contribution in [2.24, 2.45) is 11.8 Å². The Morgan fingerprint density at radius 1 is 1.39 bits per heavy atom. The average molecular weight is 313 g/mol. The van der Waals surface area contributed by atoms with Gasteiger partial charge in [-0.25, -0.2) is 0 Å². The number of esters is 1. The summed E-state index contributed by atoms with van der Waals surface area (Å²) in [5, 5.41) is 0. The van der Waals surface area contributed by atoms with Gasteiger partial charge in [0.2, 0.25) is 5.91 Å². The first-order valence-electron chi connectivity index (χ1n) is 8.01. The van der Waals surface area contributed by atoms with E-state index in [4.69, 9.17) is 9.47 Å². The van der Waals surface area contributed by atoms with Crippen molar-refractivity contribution in [1.29, 1.82) is 0 Å². The normalized spacial score (nSPS) is 34.0. The molecule has 0 aromatic heterocycles. The predicted octanol–water partition coefficient (Wildman–Crippen LogP) is 1.53. The van der Waals surface area contributed by atoms with E-state index in [-0.39, 0.29) is 18.0 Å². The first kappa shape index (κ1) is 14.5. The third-order valence-corrected chi connectivity index (χ3v) is 4.95. The lowest BCUT2D eigenvalue weighted by Gasteiger charge is -2.22. The number of likely N-dealkylation sites (tertiary alicyclic amines) is 1. The maximum Gasteiger partial charge on any atom is 0.312 e. The SMILES string of the molecule is CCOC(=O)[C@@H]1[C@@H]2C=C[C@@]3(CN(Cc4ccccc4)C(=O)[C@H]13)O2. The van der Waals surface area contributed by atoms with Crippen LogP contribution in [-0.2, 0) is 25.6 Å². The largest absolute Gasteiger partial charge is 0.466 e. The quantitative estimate of drug-likeness (QED) is 0.625. The lowest BCUT2D eigenvalue weighted by Crippen LogP contribution is -2.39. The van der Waals surface area contributed by atoms with E-state index in [1.165, 1.54) is 0 Å². The molecule has 1 spiro atoms. The summed E-state index contributed by atoms with van der Waals surface area (Å²) in [5.74, 6) is -1.32. The van der Waals surface area contributed by atoms with Crippen molar-refractivity contribution >= 4 is 11.9 Å². The maximum atomic E-state index is 12.9. The molecule has 1 amide bonds. The molecular weight excluding hydrogens is 294 g/mol. The summed E-state index contributed by atoms with van der Waals surface area (Å²) < 4.78 is 11.2. The molecule has 120 valence electrons. The van der Waals surface area contributed by atoms with Gasteiger partial charge in [0.25, 0.3) is 0 Å². The number of benzene rings is 1. The van der Waals surface area contributed by atoms with E-state index in [1.54, 1.807) is 11.8 Å². The van der Waals surface area contributed by atoms with Crippen LogP contribution in [0.5, 0.6) is 0 Å². The molecule has 0 aliphatic carbocycles. The summed E-state index contributed by atoms with van der Waals surface area (Å²) in [6.45, 7) is 3.12. The molecule has 4 atom stereocenters. The van der Waals surface area contributed by atoms with E-state index in [1.807, 2.05) is 42.5 Å². The summed E-state index contributed by atoms with van der Waals surface area (Å²) in [4.78, 5) is 27.0. The third kappa shape index (κ3) is 2.10. The van der Waals surface area contributed by atoms with Crippen LogP contribution in [0.1, 0.15) is 12.5 Å². The van der Waals surface area contributed by atoms with Crippen LogP contribution < -0.4 is 0 Å². The molecule has 0 unspecified atom stereocenters. The number of nitrogens with zero attached hydrogens (tertiary/aromatic N) is 1. The first-order chi connectivity index (χ1) is 11.1. The molecule has 2 fully saturated rings. The van der Waals surface area contributed by atoms with Crippen LogP contribution in [0.3, 0.4) is 0 Å². The molecule has 3 aliphatic rings. The Hall–Kier alpha value is -2.14.